The van der Waals surface area contributed by atoms with Gasteiger partial charge in [-0.2, -0.15) is 6.07 Å². The summed E-state index contributed by atoms with van der Waals surface area (Å²) in [5.41, 5.74) is 21.7. The molecule has 0 radical (unpaired) electrons. The SMILES string of the molecule is CC(C)c1cc(-c2cc(C(C)(C)C)cc(-c3ccc(F)cc3)c2N2[CH-]N(c3[c-]c(Oc4[c-]c5c(cc4)c4ccccc4n5-c4cc(C(C)(C)C)ccn4)cc(-c4c(C(C)C)cc(-c5ccccc5)cc4C(C)C)c3)c3ccccc32)cc(C(C)C)c1.[Pt]. The van der Waals surface area contributed by atoms with E-state index in [0.29, 0.717) is 23.3 Å². The van der Waals surface area contributed by atoms with Crippen molar-refractivity contribution < 1.29 is 30.2 Å². The van der Waals surface area contributed by atoms with Crippen LogP contribution in [-0.2, 0) is 31.9 Å². The third kappa shape index (κ3) is 11.8. The van der Waals surface area contributed by atoms with Crippen molar-refractivity contribution in [3.63, 3.8) is 0 Å². The molecule has 0 bridgehead atoms. The molecule has 0 amide bonds. The van der Waals surface area contributed by atoms with Crippen molar-refractivity contribution in [1.29, 1.82) is 0 Å². The number of anilines is 4. The van der Waals surface area contributed by atoms with Gasteiger partial charge in [0.05, 0.1) is 0 Å². The number of hydrogen-bond acceptors (Lipinski definition) is 4. The summed E-state index contributed by atoms with van der Waals surface area (Å²) in [5, 5.41) is 2.18. The van der Waals surface area contributed by atoms with Gasteiger partial charge in [-0.3, -0.25) is 0 Å². The minimum absolute atomic E-state index is 0. The molecule has 87 heavy (non-hydrogen) atoms. The van der Waals surface area contributed by atoms with Crippen molar-refractivity contribution >= 4 is 44.6 Å². The first-order valence-corrected chi connectivity index (χ1v) is 30.6. The Kier molecular flexibility index (Phi) is 16.7. The molecule has 0 spiro atoms. The summed E-state index contributed by atoms with van der Waals surface area (Å²) in [7, 11) is 0. The van der Waals surface area contributed by atoms with Gasteiger partial charge in [0.2, 0.25) is 0 Å². The summed E-state index contributed by atoms with van der Waals surface area (Å²) < 4.78 is 24.5. The van der Waals surface area contributed by atoms with Gasteiger partial charge in [0.25, 0.3) is 0 Å². The molecular weight excluding hydrogens is 1250 g/mol. The van der Waals surface area contributed by atoms with Crippen LogP contribution in [0.1, 0.15) is 154 Å². The zero-order valence-electron chi connectivity index (χ0n) is 52.7. The Bertz CT molecular complexity index is 4290. The molecule has 0 saturated heterocycles. The molecule has 9 aromatic carbocycles. The largest absolute Gasteiger partial charge is 0.509 e. The second-order valence-corrected chi connectivity index (χ2v) is 26.7. The monoisotopic (exact) mass is 1320 g/mol. The van der Waals surface area contributed by atoms with Gasteiger partial charge in [-0.05, 0) is 156 Å². The summed E-state index contributed by atoms with van der Waals surface area (Å²) >= 11 is 0. The first-order chi connectivity index (χ1) is 41.1. The van der Waals surface area contributed by atoms with Crippen LogP contribution in [0, 0.1) is 24.6 Å². The normalized spacial score (nSPS) is 12.8. The number of hydrogen-bond donors (Lipinski definition) is 0. The van der Waals surface area contributed by atoms with Gasteiger partial charge in [-0.15, -0.1) is 53.6 Å². The Hall–Kier alpha value is -8.05. The van der Waals surface area contributed by atoms with Crippen LogP contribution in [0.5, 0.6) is 11.5 Å². The van der Waals surface area contributed by atoms with Gasteiger partial charge in [-0.1, -0.05) is 206 Å². The van der Waals surface area contributed by atoms with Gasteiger partial charge >= 0.3 is 0 Å². The molecule has 1 aliphatic rings. The van der Waals surface area contributed by atoms with Crippen LogP contribution in [0.3, 0.4) is 0 Å². The number of ether oxygens (including phenoxy) is 1. The number of para-hydroxylation sites is 3. The predicted octanol–water partition coefficient (Wildman–Crippen LogP) is 22.9. The average molecular weight is 1330 g/mol. The number of halogens is 1. The third-order valence-electron chi connectivity index (χ3n) is 17.2. The number of rotatable bonds is 13. The molecule has 1 aliphatic heterocycles. The number of nitrogens with zero attached hydrogens (tertiary/aromatic N) is 4. The standard InChI is InChI=1S/C80H78FN4O.Pt/c1-49(2)55-36-56(50(3)4)38-58(37-55)71-44-61(80(12,13)14)43-70(54-28-30-62(81)31-29-54)78(71)84-48-83(73-26-20-21-27-74(73)84)63-39-59(77-68(51(5)6)41-57(42-69(77)52(7)8)53-22-16-15-17-23-53)40-65(46-63)86-64-32-33-67-66-24-18-19-25-72(66)85(75(67)47-64)76-45-60(34-35-82-76)79(9,10)11;/h15-45,48-52H,1-14H3;/q-3;. The van der Waals surface area contributed by atoms with E-state index in [0.717, 1.165) is 78.2 Å². The summed E-state index contributed by atoms with van der Waals surface area (Å²) in [6, 6.07) is 72.1. The average Bonchev–Trinajstić information content (AvgIpc) is 1.78. The first-order valence-electron chi connectivity index (χ1n) is 30.6. The van der Waals surface area contributed by atoms with Crippen LogP contribution in [0.15, 0.2) is 188 Å². The second kappa shape index (κ2) is 23.9. The van der Waals surface area contributed by atoms with Crippen molar-refractivity contribution in [3.05, 3.63) is 246 Å². The summed E-state index contributed by atoms with van der Waals surface area (Å²) in [6.07, 6.45) is 1.91. The Morgan fingerprint density at radius 2 is 1.08 bits per heavy atom. The predicted molar refractivity (Wildman–Crippen MR) is 360 cm³/mol. The third-order valence-corrected chi connectivity index (χ3v) is 17.2. The van der Waals surface area contributed by atoms with E-state index >= 15 is 4.39 Å². The van der Waals surface area contributed by atoms with E-state index in [1.807, 2.05) is 24.4 Å². The van der Waals surface area contributed by atoms with Crippen LogP contribution in [0.4, 0.5) is 27.1 Å². The fourth-order valence-corrected chi connectivity index (χ4v) is 12.3. The number of benzene rings is 9. The molecule has 0 N–H and O–H groups in total. The molecule has 12 rings (SSSR count). The van der Waals surface area contributed by atoms with Gasteiger partial charge in [0, 0.05) is 72.5 Å². The van der Waals surface area contributed by atoms with E-state index in [4.69, 9.17) is 9.72 Å². The van der Waals surface area contributed by atoms with E-state index in [1.165, 1.54) is 50.1 Å². The molecule has 0 unspecified atom stereocenters. The first kappa shape index (κ1) is 60.6. The van der Waals surface area contributed by atoms with Crippen molar-refractivity contribution in [2.75, 3.05) is 9.80 Å². The Morgan fingerprint density at radius 1 is 0.483 bits per heavy atom. The van der Waals surface area contributed by atoms with Gasteiger partial charge in [-0.25, -0.2) is 9.37 Å². The second-order valence-electron chi connectivity index (χ2n) is 26.7. The van der Waals surface area contributed by atoms with Crippen molar-refractivity contribution in [2.24, 2.45) is 0 Å². The molecule has 3 heterocycles. The summed E-state index contributed by atoms with van der Waals surface area (Å²) in [5.74, 6) is 2.65. The molecule has 444 valence electrons. The van der Waals surface area contributed by atoms with Crippen LogP contribution in [0.25, 0.3) is 72.1 Å². The fraction of sp³-hybridized carbons (Fsp3) is 0.250. The van der Waals surface area contributed by atoms with E-state index in [2.05, 4.69) is 282 Å². The Balaban J connectivity index is 0.00000784. The van der Waals surface area contributed by atoms with E-state index in [1.54, 1.807) is 12.1 Å². The maximum Gasteiger partial charge on any atom is 0.135 e. The van der Waals surface area contributed by atoms with Crippen LogP contribution in [0.2, 0.25) is 0 Å². The molecule has 7 heteroatoms. The molecule has 0 atom stereocenters. The Morgan fingerprint density at radius 3 is 1.70 bits per heavy atom. The molecule has 0 fully saturated rings. The Labute approximate surface area is 530 Å². The van der Waals surface area contributed by atoms with Crippen LogP contribution >= 0.6 is 0 Å². The minimum Gasteiger partial charge on any atom is -0.509 e. The topological polar surface area (TPSA) is 33.5 Å². The molecule has 11 aromatic rings. The number of fused-ring (bicyclic) bond motifs is 4. The van der Waals surface area contributed by atoms with Crippen LogP contribution < -0.4 is 14.5 Å². The van der Waals surface area contributed by atoms with E-state index in [-0.39, 0.29) is 49.5 Å². The molecule has 2 aromatic heterocycles. The molecular formula is C80H78FN4OPt-3. The van der Waals surface area contributed by atoms with Crippen molar-refractivity contribution in [2.45, 2.75) is 131 Å². The smallest absolute Gasteiger partial charge is 0.135 e. The number of pyridine rings is 1. The van der Waals surface area contributed by atoms with E-state index < -0.39 is 0 Å². The van der Waals surface area contributed by atoms with Gasteiger partial charge < -0.3 is 19.1 Å². The fourth-order valence-electron chi connectivity index (χ4n) is 12.3. The minimum atomic E-state index is -0.273. The zero-order chi connectivity index (χ0) is 60.5. The maximum atomic E-state index is 15.1. The summed E-state index contributed by atoms with van der Waals surface area (Å²) in [6.45, 7) is 34.0. The number of aromatic nitrogens is 2. The molecule has 0 saturated carbocycles. The van der Waals surface area contributed by atoms with Crippen molar-refractivity contribution in [3.8, 4) is 61.8 Å². The van der Waals surface area contributed by atoms with E-state index in [9.17, 15) is 0 Å². The van der Waals surface area contributed by atoms with Gasteiger partial charge in [0.1, 0.15) is 11.6 Å². The van der Waals surface area contributed by atoms with Crippen LogP contribution in [-0.4, -0.2) is 9.55 Å². The van der Waals surface area contributed by atoms with Crippen molar-refractivity contribution in [1.82, 2.24) is 9.55 Å². The molecule has 0 aliphatic carbocycles. The zero-order valence-corrected chi connectivity index (χ0v) is 54.9. The quantitative estimate of drug-likeness (QED) is 0.108. The molecule has 5 nitrogen and oxygen atoms in total. The summed E-state index contributed by atoms with van der Waals surface area (Å²) in [4.78, 5) is 9.60. The van der Waals surface area contributed by atoms with Gasteiger partial charge in [0.15, 0.2) is 0 Å². The maximum absolute atomic E-state index is 15.1.